The Kier molecular flexibility index (Phi) is 4.32. The van der Waals surface area contributed by atoms with Gasteiger partial charge < -0.3 is 0 Å². The summed E-state index contributed by atoms with van der Waals surface area (Å²) in [5, 5.41) is 2.04. The molecule has 6 heteroatoms. The first-order valence-electron chi connectivity index (χ1n) is 9.38. The molecule has 0 amide bonds. The number of rotatable bonds is 3. The Morgan fingerprint density at radius 1 is 0.800 bits per heavy atom. The van der Waals surface area contributed by atoms with Crippen LogP contribution in [0.5, 0.6) is 0 Å². The maximum Gasteiger partial charge on any atom is 0.269 e. The number of aromatic nitrogens is 3. The first-order chi connectivity index (χ1) is 14.6. The number of hydrogen-bond acceptors (Lipinski definition) is 3. The van der Waals surface area contributed by atoms with Gasteiger partial charge in [0.2, 0.25) is 0 Å². The molecule has 0 unspecified atom stereocenters. The standard InChI is InChI=1S/C24H15F2N3O/c25-20-11-18(17-8-7-15-4-1-2-5-16(15)10-17)12-21(26)19(20)14-29-22-6-3-9-27-24(22)28-13-23(29)30/h1-13H,14H2. The maximum absolute atomic E-state index is 14.9. The van der Waals surface area contributed by atoms with Gasteiger partial charge in [-0.1, -0.05) is 36.4 Å². The molecule has 5 rings (SSSR count). The van der Waals surface area contributed by atoms with E-state index in [1.54, 1.807) is 18.3 Å². The van der Waals surface area contributed by atoms with Gasteiger partial charge in [0.15, 0.2) is 5.65 Å². The molecule has 30 heavy (non-hydrogen) atoms. The fourth-order valence-electron chi connectivity index (χ4n) is 3.61. The Labute approximate surface area is 170 Å². The molecular weight excluding hydrogens is 384 g/mol. The summed E-state index contributed by atoms with van der Waals surface area (Å²) >= 11 is 0. The lowest BCUT2D eigenvalue weighted by Gasteiger charge is -2.12. The highest BCUT2D eigenvalue weighted by Gasteiger charge is 2.15. The lowest BCUT2D eigenvalue weighted by molar-refractivity contribution is 0.545. The number of halogens is 2. The van der Waals surface area contributed by atoms with Crippen LogP contribution >= 0.6 is 0 Å². The molecule has 2 heterocycles. The van der Waals surface area contributed by atoms with Gasteiger partial charge >= 0.3 is 0 Å². The average Bonchev–Trinajstić information content (AvgIpc) is 2.77. The van der Waals surface area contributed by atoms with E-state index < -0.39 is 17.2 Å². The molecule has 0 atom stereocenters. The van der Waals surface area contributed by atoms with Crippen LogP contribution in [0.4, 0.5) is 8.78 Å². The normalized spacial score (nSPS) is 11.3. The van der Waals surface area contributed by atoms with Crippen LogP contribution in [-0.4, -0.2) is 14.5 Å². The monoisotopic (exact) mass is 399 g/mol. The highest BCUT2D eigenvalue weighted by atomic mass is 19.1. The second-order valence-electron chi connectivity index (χ2n) is 7.01. The van der Waals surface area contributed by atoms with Crippen molar-refractivity contribution in [1.29, 1.82) is 0 Å². The molecule has 146 valence electrons. The average molecular weight is 399 g/mol. The fraction of sp³-hybridized carbons (Fsp3) is 0.0417. The number of benzene rings is 3. The fourth-order valence-corrected chi connectivity index (χ4v) is 3.61. The molecule has 0 aliphatic carbocycles. The minimum atomic E-state index is -0.709. The van der Waals surface area contributed by atoms with Crippen molar-refractivity contribution < 1.29 is 8.78 Å². The van der Waals surface area contributed by atoms with Gasteiger partial charge in [0.1, 0.15) is 11.6 Å². The van der Waals surface area contributed by atoms with E-state index in [1.165, 1.54) is 16.7 Å². The Hall–Kier alpha value is -3.93. The smallest absolute Gasteiger partial charge is 0.269 e. The molecule has 2 aromatic heterocycles. The molecule has 0 saturated carbocycles. The van der Waals surface area contributed by atoms with Crippen LogP contribution < -0.4 is 5.56 Å². The van der Waals surface area contributed by atoms with Crippen molar-refractivity contribution in [3.8, 4) is 11.1 Å². The molecule has 0 aliphatic rings. The zero-order valence-electron chi connectivity index (χ0n) is 15.7. The molecular formula is C24H15F2N3O. The molecule has 0 N–H and O–H groups in total. The van der Waals surface area contributed by atoms with Crippen molar-refractivity contribution in [1.82, 2.24) is 14.5 Å². The third-order valence-electron chi connectivity index (χ3n) is 5.16. The number of fused-ring (bicyclic) bond motifs is 2. The van der Waals surface area contributed by atoms with E-state index >= 15 is 0 Å². The first-order valence-corrected chi connectivity index (χ1v) is 9.38. The van der Waals surface area contributed by atoms with E-state index in [9.17, 15) is 13.6 Å². The first kappa shape index (κ1) is 18.1. The molecule has 0 spiro atoms. The summed E-state index contributed by atoms with van der Waals surface area (Å²) < 4.78 is 31.2. The Morgan fingerprint density at radius 2 is 1.57 bits per heavy atom. The summed E-state index contributed by atoms with van der Waals surface area (Å²) in [5.41, 5.74) is 1.28. The summed E-state index contributed by atoms with van der Waals surface area (Å²) in [4.78, 5) is 20.4. The van der Waals surface area contributed by atoms with E-state index in [2.05, 4.69) is 9.97 Å². The molecule has 0 fully saturated rings. The largest absolute Gasteiger partial charge is 0.299 e. The summed E-state index contributed by atoms with van der Waals surface area (Å²) in [6, 6.07) is 19.3. The second-order valence-corrected chi connectivity index (χ2v) is 7.01. The van der Waals surface area contributed by atoms with Crippen LogP contribution in [0.25, 0.3) is 33.1 Å². The van der Waals surface area contributed by atoms with E-state index in [0.717, 1.165) is 17.0 Å². The van der Waals surface area contributed by atoms with Gasteiger partial charge in [-0.2, -0.15) is 0 Å². The van der Waals surface area contributed by atoms with E-state index in [-0.39, 0.29) is 12.1 Å². The van der Waals surface area contributed by atoms with Crippen molar-refractivity contribution in [2.45, 2.75) is 6.54 Å². The molecule has 0 aliphatic heterocycles. The minimum Gasteiger partial charge on any atom is -0.299 e. The summed E-state index contributed by atoms with van der Waals surface area (Å²) in [7, 11) is 0. The third kappa shape index (κ3) is 3.12. The van der Waals surface area contributed by atoms with Crippen molar-refractivity contribution in [2.24, 2.45) is 0 Å². The van der Waals surface area contributed by atoms with Gasteiger partial charge in [-0.15, -0.1) is 0 Å². The van der Waals surface area contributed by atoms with Crippen LogP contribution in [-0.2, 0) is 6.54 Å². The Morgan fingerprint density at radius 3 is 2.37 bits per heavy atom. The topological polar surface area (TPSA) is 47.8 Å². The predicted octanol–water partition coefficient (Wildman–Crippen LogP) is 4.94. The predicted molar refractivity (Wildman–Crippen MR) is 112 cm³/mol. The van der Waals surface area contributed by atoms with Crippen molar-refractivity contribution in [2.75, 3.05) is 0 Å². The lowest BCUT2D eigenvalue weighted by atomic mass is 9.99. The summed E-state index contributed by atoms with van der Waals surface area (Å²) in [5.74, 6) is -1.42. The summed E-state index contributed by atoms with van der Waals surface area (Å²) in [6.07, 6.45) is 2.65. The van der Waals surface area contributed by atoms with Gasteiger partial charge in [-0.25, -0.2) is 18.7 Å². The zero-order valence-corrected chi connectivity index (χ0v) is 15.7. The van der Waals surface area contributed by atoms with Crippen molar-refractivity contribution >= 4 is 21.9 Å². The van der Waals surface area contributed by atoms with Crippen LogP contribution in [0.15, 0.2) is 83.9 Å². The van der Waals surface area contributed by atoms with Crippen molar-refractivity contribution in [3.05, 3.63) is 107 Å². The van der Waals surface area contributed by atoms with Gasteiger partial charge in [-0.05, 0) is 52.2 Å². The second kappa shape index (κ2) is 7.15. The number of hydrogen-bond donors (Lipinski definition) is 0. The van der Waals surface area contributed by atoms with Crippen LogP contribution in [0, 0.1) is 11.6 Å². The van der Waals surface area contributed by atoms with Gasteiger partial charge in [-0.3, -0.25) is 9.36 Å². The molecule has 4 nitrogen and oxygen atoms in total. The van der Waals surface area contributed by atoms with Crippen LogP contribution in [0.2, 0.25) is 0 Å². The molecule has 0 radical (unpaired) electrons. The Bertz CT molecular complexity index is 1450. The third-order valence-corrected chi connectivity index (χ3v) is 5.16. The zero-order chi connectivity index (χ0) is 20.7. The van der Waals surface area contributed by atoms with E-state index in [1.807, 2.05) is 42.5 Å². The Balaban J connectivity index is 1.58. The SMILES string of the molecule is O=c1cnc2ncccc2n1Cc1c(F)cc(-c2ccc3ccccc3c2)cc1F. The van der Waals surface area contributed by atoms with Crippen LogP contribution in [0.1, 0.15) is 5.56 Å². The van der Waals surface area contributed by atoms with E-state index in [0.29, 0.717) is 22.3 Å². The van der Waals surface area contributed by atoms with Crippen molar-refractivity contribution in [3.63, 3.8) is 0 Å². The van der Waals surface area contributed by atoms with Crippen LogP contribution in [0.3, 0.4) is 0 Å². The van der Waals surface area contributed by atoms with Gasteiger partial charge in [0.25, 0.3) is 5.56 Å². The van der Waals surface area contributed by atoms with Gasteiger partial charge in [0.05, 0.1) is 18.3 Å². The lowest BCUT2D eigenvalue weighted by Crippen LogP contribution is -2.22. The van der Waals surface area contributed by atoms with Gasteiger partial charge in [0, 0.05) is 11.8 Å². The van der Waals surface area contributed by atoms with E-state index in [4.69, 9.17) is 0 Å². The summed E-state index contributed by atoms with van der Waals surface area (Å²) in [6.45, 7) is -0.251. The minimum absolute atomic E-state index is 0.182. The highest BCUT2D eigenvalue weighted by molar-refractivity contribution is 5.87. The quantitative estimate of drug-likeness (QED) is 0.432. The molecule has 5 aromatic rings. The number of pyridine rings is 1. The number of nitrogens with zero attached hydrogens (tertiary/aromatic N) is 3. The highest BCUT2D eigenvalue weighted by Crippen LogP contribution is 2.28. The molecule has 0 saturated heterocycles. The maximum atomic E-state index is 14.9. The molecule has 3 aromatic carbocycles. The molecule has 0 bridgehead atoms.